The lowest BCUT2D eigenvalue weighted by Gasteiger charge is -2.25. The quantitative estimate of drug-likeness (QED) is 0.566. The SMILES string of the molecule is Cc1ccccc1[C@H](NC(=O)CN(c1ccc(F)c(Cl)c1)S(C)(=O)=O)c1ccccc1. The lowest BCUT2D eigenvalue weighted by atomic mass is 9.95. The smallest absolute Gasteiger partial charge is 0.241 e. The number of benzene rings is 3. The Morgan fingerprint density at radius 1 is 1.06 bits per heavy atom. The number of halogens is 2. The zero-order valence-corrected chi connectivity index (χ0v) is 18.6. The van der Waals surface area contributed by atoms with Crippen molar-refractivity contribution in [3.8, 4) is 0 Å². The number of nitrogens with one attached hydrogen (secondary N) is 1. The summed E-state index contributed by atoms with van der Waals surface area (Å²) < 4.78 is 39.1. The van der Waals surface area contributed by atoms with Gasteiger partial charge in [-0.1, -0.05) is 66.2 Å². The average molecular weight is 461 g/mol. The first-order valence-electron chi connectivity index (χ1n) is 9.49. The van der Waals surface area contributed by atoms with Crippen molar-refractivity contribution in [3.05, 3.63) is 100 Å². The van der Waals surface area contributed by atoms with Crippen LogP contribution in [0.5, 0.6) is 0 Å². The summed E-state index contributed by atoms with van der Waals surface area (Å²) in [6.07, 6.45) is 0.980. The predicted molar refractivity (Wildman–Crippen MR) is 121 cm³/mol. The van der Waals surface area contributed by atoms with Crippen LogP contribution in [0.25, 0.3) is 0 Å². The predicted octanol–water partition coefficient (Wildman–Crippen LogP) is 4.46. The van der Waals surface area contributed by atoms with Crippen molar-refractivity contribution in [1.29, 1.82) is 0 Å². The first-order chi connectivity index (χ1) is 14.7. The Kier molecular flexibility index (Phi) is 6.97. The zero-order chi connectivity index (χ0) is 22.6. The molecule has 0 aliphatic carbocycles. The molecule has 8 heteroatoms. The van der Waals surface area contributed by atoms with Crippen LogP contribution in [-0.4, -0.2) is 27.1 Å². The third-order valence-electron chi connectivity index (χ3n) is 4.82. The van der Waals surface area contributed by atoms with E-state index < -0.39 is 34.3 Å². The Hall–Kier alpha value is -2.90. The highest BCUT2D eigenvalue weighted by Gasteiger charge is 2.24. The van der Waals surface area contributed by atoms with Crippen LogP contribution in [0.1, 0.15) is 22.7 Å². The van der Waals surface area contributed by atoms with Gasteiger partial charge in [-0.15, -0.1) is 0 Å². The minimum absolute atomic E-state index is 0.108. The minimum Gasteiger partial charge on any atom is -0.344 e. The normalized spacial score (nSPS) is 12.3. The lowest BCUT2D eigenvalue weighted by Crippen LogP contribution is -2.42. The lowest BCUT2D eigenvalue weighted by molar-refractivity contribution is -0.120. The maximum Gasteiger partial charge on any atom is 0.241 e. The third-order valence-corrected chi connectivity index (χ3v) is 6.25. The van der Waals surface area contributed by atoms with Gasteiger partial charge in [-0.2, -0.15) is 0 Å². The second-order valence-electron chi connectivity index (χ2n) is 7.14. The highest BCUT2D eigenvalue weighted by Crippen LogP contribution is 2.26. The number of carbonyl (C=O) groups is 1. The van der Waals surface area contributed by atoms with Crippen LogP contribution < -0.4 is 9.62 Å². The van der Waals surface area contributed by atoms with Gasteiger partial charge in [0.05, 0.1) is 23.0 Å². The number of amides is 1. The maximum absolute atomic E-state index is 13.5. The van der Waals surface area contributed by atoms with Crippen molar-refractivity contribution >= 4 is 33.2 Å². The van der Waals surface area contributed by atoms with Crippen molar-refractivity contribution in [2.45, 2.75) is 13.0 Å². The summed E-state index contributed by atoms with van der Waals surface area (Å²) in [5, 5.41) is 2.71. The van der Waals surface area contributed by atoms with Crippen LogP contribution in [0, 0.1) is 12.7 Å². The van der Waals surface area contributed by atoms with Crippen LogP contribution in [0.3, 0.4) is 0 Å². The number of carbonyl (C=O) groups excluding carboxylic acids is 1. The van der Waals surface area contributed by atoms with E-state index >= 15 is 0 Å². The molecule has 162 valence electrons. The molecule has 1 atom stereocenters. The Labute approximate surface area is 186 Å². The molecule has 0 heterocycles. The molecule has 3 aromatic carbocycles. The standard InChI is InChI=1S/C23H22ClFN2O3S/c1-16-8-6-7-11-19(16)23(17-9-4-3-5-10-17)26-22(28)15-27(31(2,29)30)18-12-13-21(25)20(24)14-18/h3-14,23H,15H2,1-2H3,(H,26,28)/t23-/m1/s1. The van der Waals surface area contributed by atoms with Crippen molar-refractivity contribution in [2.75, 3.05) is 17.1 Å². The number of nitrogens with zero attached hydrogens (tertiary/aromatic N) is 1. The summed E-state index contributed by atoms with van der Waals surface area (Å²) in [5.41, 5.74) is 2.86. The summed E-state index contributed by atoms with van der Waals surface area (Å²) in [6.45, 7) is 1.47. The summed E-state index contributed by atoms with van der Waals surface area (Å²) in [5.74, 6) is -1.19. The van der Waals surface area contributed by atoms with Gasteiger partial charge in [0.2, 0.25) is 15.9 Å². The van der Waals surface area contributed by atoms with E-state index in [2.05, 4.69) is 5.32 Å². The molecule has 5 nitrogen and oxygen atoms in total. The number of aryl methyl sites for hydroxylation is 1. The van der Waals surface area contributed by atoms with Gasteiger partial charge >= 0.3 is 0 Å². The van der Waals surface area contributed by atoms with Crippen LogP contribution in [0.2, 0.25) is 5.02 Å². The Bertz CT molecular complexity index is 1190. The van der Waals surface area contributed by atoms with Crippen LogP contribution in [-0.2, 0) is 14.8 Å². The van der Waals surface area contributed by atoms with Gasteiger partial charge in [0.1, 0.15) is 12.4 Å². The van der Waals surface area contributed by atoms with Gasteiger partial charge in [0.25, 0.3) is 0 Å². The molecule has 0 aliphatic rings. The van der Waals surface area contributed by atoms with E-state index in [1.54, 1.807) is 0 Å². The van der Waals surface area contributed by atoms with E-state index in [1.165, 1.54) is 12.1 Å². The zero-order valence-electron chi connectivity index (χ0n) is 17.0. The maximum atomic E-state index is 13.5. The molecule has 3 aromatic rings. The summed E-state index contributed by atoms with van der Waals surface area (Å²) in [6, 6.07) is 20.1. The largest absolute Gasteiger partial charge is 0.344 e. The molecule has 0 bridgehead atoms. The molecule has 0 unspecified atom stereocenters. The molecule has 0 radical (unpaired) electrons. The fourth-order valence-corrected chi connectivity index (χ4v) is 4.30. The first kappa shape index (κ1) is 22.8. The Morgan fingerprint density at radius 2 is 1.71 bits per heavy atom. The van der Waals surface area contributed by atoms with E-state index in [0.29, 0.717) is 0 Å². The number of hydrogen-bond acceptors (Lipinski definition) is 3. The number of sulfonamides is 1. The molecule has 31 heavy (non-hydrogen) atoms. The van der Waals surface area contributed by atoms with Gasteiger partial charge in [-0.25, -0.2) is 12.8 Å². The van der Waals surface area contributed by atoms with Crippen LogP contribution >= 0.6 is 11.6 Å². The van der Waals surface area contributed by atoms with Gasteiger partial charge in [0, 0.05) is 0 Å². The van der Waals surface area contributed by atoms with E-state index in [1.807, 2.05) is 61.5 Å². The van der Waals surface area contributed by atoms with Crippen molar-refractivity contribution in [2.24, 2.45) is 0 Å². The Morgan fingerprint density at radius 3 is 2.32 bits per heavy atom. The monoisotopic (exact) mass is 460 g/mol. The molecule has 1 amide bonds. The summed E-state index contributed by atoms with van der Waals surface area (Å²) in [7, 11) is -3.82. The van der Waals surface area contributed by atoms with Crippen molar-refractivity contribution in [3.63, 3.8) is 0 Å². The fourth-order valence-electron chi connectivity index (χ4n) is 3.27. The van der Waals surface area contributed by atoms with E-state index in [-0.39, 0.29) is 10.7 Å². The third kappa shape index (κ3) is 5.62. The molecule has 0 spiro atoms. The fraction of sp³-hybridized carbons (Fsp3) is 0.174. The first-order valence-corrected chi connectivity index (χ1v) is 11.7. The summed E-state index contributed by atoms with van der Waals surface area (Å²) in [4.78, 5) is 13.0. The molecule has 0 aliphatic heterocycles. The van der Waals surface area contributed by atoms with E-state index in [0.717, 1.165) is 33.3 Å². The molecular weight excluding hydrogens is 439 g/mol. The molecule has 1 N–H and O–H groups in total. The van der Waals surface area contributed by atoms with E-state index in [4.69, 9.17) is 11.6 Å². The van der Waals surface area contributed by atoms with Gasteiger partial charge in [-0.05, 0) is 41.8 Å². The minimum atomic E-state index is -3.82. The van der Waals surface area contributed by atoms with Crippen LogP contribution in [0.15, 0.2) is 72.8 Å². The molecule has 0 fully saturated rings. The summed E-state index contributed by atoms with van der Waals surface area (Å²) >= 11 is 5.81. The van der Waals surface area contributed by atoms with Crippen molar-refractivity contribution in [1.82, 2.24) is 5.32 Å². The molecular formula is C23H22ClFN2O3S. The van der Waals surface area contributed by atoms with Gasteiger partial charge < -0.3 is 5.32 Å². The number of rotatable bonds is 7. The average Bonchev–Trinajstić information content (AvgIpc) is 2.73. The number of hydrogen-bond donors (Lipinski definition) is 1. The highest BCUT2D eigenvalue weighted by molar-refractivity contribution is 7.92. The van der Waals surface area contributed by atoms with Crippen molar-refractivity contribution < 1.29 is 17.6 Å². The number of anilines is 1. The molecule has 0 saturated heterocycles. The molecule has 0 aromatic heterocycles. The Balaban J connectivity index is 1.92. The topological polar surface area (TPSA) is 66.5 Å². The second-order valence-corrected chi connectivity index (χ2v) is 9.45. The molecule has 0 saturated carbocycles. The second kappa shape index (κ2) is 9.49. The van der Waals surface area contributed by atoms with Gasteiger partial charge in [0.15, 0.2) is 0 Å². The highest BCUT2D eigenvalue weighted by atomic mass is 35.5. The molecule has 3 rings (SSSR count). The van der Waals surface area contributed by atoms with Crippen LogP contribution in [0.4, 0.5) is 10.1 Å². The van der Waals surface area contributed by atoms with Gasteiger partial charge in [-0.3, -0.25) is 9.10 Å². The van der Waals surface area contributed by atoms with E-state index in [9.17, 15) is 17.6 Å².